The van der Waals surface area contributed by atoms with Crippen LogP contribution in [0.3, 0.4) is 0 Å². The highest BCUT2D eigenvalue weighted by molar-refractivity contribution is 9.09. The van der Waals surface area contributed by atoms with Crippen LogP contribution in [-0.4, -0.2) is 0 Å². The van der Waals surface area contributed by atoms with Crippen LogP contribution in [0.25, 0.3) is 0 Å². The molecular weight excluding hydrogens is 268 g/mol. The van der Waals surface area contributed by atoms with E-state index in [0.29, 0.717) is 10.2 Å². The summed E-state index contributed by atoms with van der Waals surface area (Å²) >= 11 is 11.5. The Morgan fingerprint density at radius 2 is 2.23 bits per heavy atom. The molecule has 3 heteroatoms. The zero-order chi connectivity index (χ0) is 9.64. The van der Waals surface area contributed by atoms with Crippen molar-refractivity contribution in [3.63, 3.8) is 0 Å². The van der Waals surface area contributed by atoms with Gasteiger partial charge in [0.2, 0.25) is 0 Å². The second-order valence-corrected chi connectivity index (χ2v) is 6.72. The quantitative estimate of drug-likeness (QED) is 0.672. The van der Waals surface area contributed by atoms with E-state index < -0.39 is 0 Å². The second kappa shape index (κ2) is 3.25. The first kappa shape index (κ1) is 10.0. The normalized spacial score (nSPS) is 21.5. The molecule has 0 aliphatic heterocycles. The zero-order valence-electron chi connectivity index (χ0n) is 7.73. The first-order valence-electron chi connectivity index (χ1n) is 4.43. The van der Waals surface area contributed by atoms with Gasteiger partial charge in [-0.3, -0.25) is 0 Å². The number of alkyl halides is 1. The third-order valence-electron chi connectivity index (χ3n) is 2.78. The first-order chi connectivity index (χ1) is 6.03. The summed E-state index contributed by atoms with van der Waals surface area (Å²) in [5, 5.41) is 0. The Morgan fingerprint density at radius 3 is 2.62 bits per heavy atom. The van der Waals surface area contributed by atoms with Crippen LogP contribution in [0, 0.1) is 12.3 Å². The lowest BCUT2D eigenvalue weighted by Gasteiger charge is -2.14. The maximum Gasteiger partial charge on any atom is 0.0960 e. The van der Waals surface area contributed by atoms with Crippen LogP contribution in [0.5, 0.6) is 0 Å². The molecule has 1 heterocycles. The van der Waals surface area contributed by atoms with Gasteiger partial charge in [-0.1, -0.05) is 34.5 Å². The molecule has 0 N–H and O–H groups in total. The molecule has 1 aromatic rings. The lowest BCUT2D eigenvalue weighted by Crippen LogP contribution is -2.00. The topological polar surface area (TPSA) is 0 Å². The Labute approximate surface area is 96.4 Å². The van der Waals surface area contributed by atoms with Gasteiger partial charge in [-0.05, 0) is 36.8 Å². The minimum absolute atomic E-state index is 0.487. The van der Waals surface area contributed by atoms with Crippen LogP contribution in [-0.2, 0) is 0 Å². The summed E-state index contributed by atoms with van der Waals surface area (Å²) < 4.78 is 0.934. The first-order valence-corrected chi connectivity index (χ1v) is 6.54. The van der Waals surface area contributed by atoms with E-state index in [4.69, 9.17) is 11.6 Å². The SMILES string of the molecule is Cc1cc(C(Br)C2(C)CC2)sc1Cl. The van der Waals surface area contributed by atoms with Crippen molar-refractivity contribution >= 4 is 38.9 Å². The minimum atomic E-state index is 0.487. The molecular formula is C10H12BrClS. The van der Waals surface area contributed by atoms with Crippen LogP contribution in [0.4, 0.5) is 0 Å². The van der Waals surface area contributed by atoms with Crippen LogP contribution in [0.2, 0.25) is 4.34 Å². The van der Waals surface area contributed by atoms with Crippen LogP contribution < -0.4 is 0 Å². The van der Waals surface area contributed by atoms with E-state index in [-0.39, 0.29) is 0 Å². The lowest BCUT2D eigenvalue weighted by atomic mass is 10.0. The van der Waals surface area contributed by atoms with E-state index in [1.807, 2.05) is 0 Å². The molecule has 0 nitrogen and oxygen atoms in total. The Hall–Kier alpha value is 0.470. The number of thiophene rings is 1. The standard InChI is InChI=1S/C10H12BrClS/c1-6-5-7(13-9(6)12)8(11)10(2)3-4-10/h5,8H,3-4H2,1-2H3. The Bertz CT molecular complexity index is 308. The van der Waals surface area contributed by atoms with E-state index in [9.17, 15) is 0 Å². The van der Waals surface area contributed by atoms with Crippen molar-refractivity contribution in [1.29, 1.82) is 0 Å². The predicted octanol–water partition coefficient (Wildman–Crippen LogP) is 4.95. The number of rotatable bonds is 2. The van der Waals surface area contributed by atoms with Crippen LogP contribution in [0.15, 0.2) is 6.07 Å². The molecule has 1 saturated carbocycles. The van der Waals surface area contributed by atoms with Crippen LogP contribution >= 0.6 is 38.9 Å². The van der Waals surface area contributed by atoms with Gasteiger partial charge < -0.3 is 0 Å². The highest BCUT2D eigenvalue weighted by Crippen LogP contribution is 2.59. The summed E-state index contributed by atoms with van der Waals surface area (Å²) in [5.41, 5.74) is 1.69. The summed E-state index contributed by atoms with van der Waals surface area (Å²) in [6.45, 7) is 4.40. The largest absolute Gasteiger partial charge is 0.127 e. The lowest BCUT2D eigenvalue weighted by molar-refractivity contribution is 0.570. The monoisotopic (exact) mass is 278 g/mol. The van der Waals surface area contributed by atoms with Crippen molar-refractivity contribution in [2.24, 2.45) is 5.41 Å². The third kappa shape index (κ3) is 1.81. The van der Waals surface area contributed by atoms with Gasteiger partial charge in [0.1, 0.15) is 0 Å². The molecule has 0 bridgehead atoms. The number of aryl methyl sites for hydroxylation is 1. The van der Waals surface area contributed by atoms with Crippen molar-refractivity contribution in [2.45, 2.75) is 31.5 Å². The highest BCUT2D eigenvalue weighted by atomic mass is 79.9. The fourth-order valence-electron chi connectivity index (χ4n) is 1.40. The van der Waals surface area contributed by atoms with Crippen LogP contribution in [0.1, 0.15) is 35.0 Å². The highest BCUT2D eigenvalue weighted by Gasteiger charge is 2.44. The summed E-state index contributed by atoms with van der Waals surface area (Å²) in [6.07, 6.45) is 2.66. The molecule has 0 saturated heterocycles. The Morgan fingerprint density at radius 1 is 1.62 bits per heavy atom. The fraction of sp³-hybridized carbons (Fsp3) is 0.600. The molecule has 0 radical (unpaired) electrons. The van der Waals surface area contributed by atoms with E-state index >= 15 is 0 Å². The van der Waals surface area contributed by atoms with Gasteiger partial charge in [-0.25, -0.2) is 0 Å². The zero-order valence-corrected chi connectivity index (χ0v) is 10.9. The van der Waals surface area contributed by atoms with Crippen molar-refractivity contribution in [3.05, 3.63) is 20.8 Å². The van der Waals surface area contributed by atoms with E-state index in [1.54, 1.807) is 11.3 Å². The Kier molecular flexibility index (Phi) is 2.50. The van der Waals surface area contributed by atoms with Crippen molar-refractivity contribution < 1.29 is 0 Å². The molecule has 1 unspecified atom stereocenters. The van der Waals surface area contributed by atoms with Crippen molar-refractivity contribution in [2.75, 3.05) is 0 Å². The smallest absolute Gasteiger partial charge is 0.0960 e. The van der Waals surface area contributed by atoms with E-state index in [2.05, 4.69) is 35.8 Å². The fourth-order valence-corrected chi connectivity index (χ4v) is 3.65. The molecule has 0 spiro atoms. The maximum atomic E-state index is 6.04. The van der Waals surface area contributed by atoms with Gasteiger partial charge in [0.15, 0.2) is 0 Å². The number of halogens is 2. The maximum absolute atomic E-state index is 6.04. The molecule has 1 aliphatic carbocycles. The summed E-state index contributed by atoms with van der Waals surface area (Å²) in [4.78, 5) is 1.87. The summed E-state index contributed by atoms with van der Waals surface area (Å²) in [6, 6.07) is 2.20. The van der Waals surface area contributed by atoms with Crippen molar-refractivity contribution in [3.8, 4) is 0 Å². The van der Waals surface area contributed by atoms with Gasteiger partial charge in [0.05, 0.1) is 9.16 Å². The van der Waals surface area contributed by atoms with E-state index in [0.717, 1.165) is 4.34 Å². The van der Waals surface area contributed by atoms with Gasteiger partial charge >= 0.3 is 0 Å². The molecule has 0 amide bonds. The summed E-state index contributed by atoms with van der Waals surface area (Å²) in [7, 11) is 0. The minimum Gasteiger partial charge on any atom is -0.127 e. The van der Waals surface area contributed by atoms with Gasteiger partial charge in [-0.15, -0.1) is 11.3 Å². The number of hydrogen-bond acceptors (Lipinski definition) is 1. The second-order valence-electron chi connectivity index (χ2n) is 4.12. The predicted molar refractivity (Wildman–Crippen MR) is 63.1 cm³/mol. The van der Waals surface area contributed by atoms with Gasteiger partial charge in [0, 0.05) is 4.88 Å². The Balaban J connectivity index is 2.25. The third-order valence-corrected chi connectivity index (χ3v) is 6.30. The molecule has 72 valence electrons. The molecule has 1 atom stereocenters. The van der Waals surface area contributed by atoms with Crippen molar-refractivity contribution in [1.82, 2.24) is 0 Å². The van der Waals surface area contributed by atoms with E-state index in [1.165, 1.54) is 23.3 Å². The van der Waals surface area contributed by atoms with Gasteiger partial charge in [0.25, 0.3) is 0 Å². The molecule has 2 rings (SSSR count). The summed E-state index contributed by atoms with van der Waals surface area (Å²) in [5.74, 6) is 0. The molecule has 13 heavy (non-hydrogen) atoms. The van der Waals surface area contributed by atoms with Gasteiger partial charge in [-0.2, -0.15) is 0 Å². The molecule has 1 aromatic heterocycles. The average Bonchev–Trinajstić information content (AvgIpc) is 2.74. The number of hydrogen-bond donors (Lipinski definition) is 0. The average molecular weight is 280 g/mol. The molecule has 1 aliphatic rings. The molecule has 1 fully saturated rings. The molecule has 0 aromatic carbocycles.